The highest BCUT2D eigenvalue weighted by molar-refractivity contribution is 5.96. The SMILES string of the molecule is CN(CC(=O)O)C1CCCN(C(=O)c2cccnc2OCC(F)(F)F)CC1. The number of likely N-dealkylation sites (tertiary alicyclic amines) is 1. The molecule has 1 unspecified atom stereocenters. The summed E-state index contributed by atoms with van der Waals surface area (Å²) in [7, 11) is 1.72. The van der Waals surface area contributed by atoms with Gasteiger partial charge in [-0.25, -0.2) is 4.98 Å². The Labute approximate surface area is 154 Å². The number of carboxylic acid groups (broad SMARTS) is 1. The van der Waals surface area contributed by atoms with Crippen molar-refractivity contribution in [1.29, 1.82) is 0 Å². The van der Waals surface area contributed by atoms with Crippen molar-refractivity contribution in [2.24, 2.45) is 0 Å². The van der Waals surface area contributed by atoms with Crippen molar-refractivity contribution in [2.75, 3.05) is 33.3 Å². The van der Waals surface area contributed by atoms with Crippen LogP contribution in [-0.2, 0) is 4.79 Å². The van der Waals surface area contributed by atoms with Crippen molar-refractivity contribution in [2.45, 2.75) is 31.5 Å². The van der Waals surface area contributed by atoms with E-state index in [0.717, 1.165) is 6.42 Å². The van der Waals surface area contributed by atoms with Crippen LogP contribution in [0.4, 0.5) is 13.2 Å². The van der Waals surface area contributed by atoms with Gasteiger partial charge in [-0.1, -0.05) is 0 Å². The molecular formula is C17H22F3N3O4. The standard InChI is InChI=1S/C17H22F3N3O4/c1-22(10-14(24)25)12-4-3-8-23(9-6-12)16(26)13-5-2-7-21-15(13)27-11-17(18,19)20/h2,5,7,12H,3-4,6,8-11H2,1H3,(H,24,25). The minimum absolute atomic E-state index is 0.0147. The molecule has 2 heterocycles. The van der Waals surface area contributed by atoms with Crippen LogP contribution in [0.5, 0.6) is 5.88 Å². The van der Waals surface area contributed by atoms with Crippen LogP contribution in [-0.4, -0.2) is 77.3 Å². The zero-order valence-corrected chi connectivity index (χ0v) is 14.9. The van der Waals surface area contributed by atoms with E-state index < -0.39 is 24.7 Å². The Morgan fingerprint density at radius 3 is 2.78 bits per heavy atom. The van der Waals surface area contributed by atoms with Crippen molar-refractivity contribution in [3.05, 3.63) is 23.9 Å². The van der Waals surface area contributed by atoms with E-state index >= 15 is 0 Å². The van der Waals surface area contributed by atoms with E-state index in [0.29, 0.717) is 25.9 Å². The predicted octanol–water partition coefficient (Wildman–Crippen LogP) is 2.03. The average Bonchev–Trinajstić information content (AvgIpc) is 2.84. The minimum atomic E-state index is -4.53. The number of hydrogen-bond donors (Lipinski definition) is 1. The highest BCUT2D eigenvalue weighted by atomic mass is 19.4. The molecule has 1 aromatic heterocycles. The molecule has 0 spiro atoms. The monoisotopic (exact) mass is 389 g/mol. The molecule has 2 rings (SSSR count). The van der Waals surface area contributed by atoms with Crippen molar-refractivity contribution in [3.63, 3.8) is 0 Å². The van der Waals surface area contributed by atoms with E-state index in [1.54, 1.807) is 16.8 Å². The second-order valence-electron chi connectivity index (χ2n) is 6.45. The lowest BCUT2D eigenvalue weighted by molar-refractivity contribution is -0.154. The van der Waals surface area contributed by atoms with Gasteiger partial charge >= 0.3 is 12.1 Å². The second-order valence-corrected chi connectivity index (χ2v) is 6.45. The topological polar surface area (TPSA) is 83.0 Å². The summed E-state index contributed by atoms with van der Waals surface area (Å²) in [4.78, 5) is 30.7. The molecule has 0 aliphatic carbocycles. The first-order valence-electron chi connectivity index (χ1n) is 8.53. The van der Waals surface area contributed by atoms with Crippen LogP contribution < -0.4 is 4.74 Å². The maximum Gasteiger partial charge on any atom is 0.422 e. The normalized spacial score (nSPS) is 18.3. The molecule has 1 aliphatic rings. The number of rotatable bonds is 6. The fourth-order valence-electron chi connectivity index (χ4n) is 3.05. The number of halogens is 3. The summed E-state index contributed by atoms with van der Waals surface area (Å²) in [6, 6.07) is 2.88. The third kappa shape index (κ3) is 6.38. The minimum Gasteiger partial charge on any atom is -0.480 e. The Kier molecular flexibility index (Phi) is 7.00. The number of nitrogens with zero attached hydrogens (tertiary/aromatic N) is 3. The van der Waals surface area contributed by atoms with E-state index in [1.165, 1.54) is 18.3 Å². The number of carboxylic acids is 1. The molecule has 1 aromatic rings. The molecule has 1 atom stereocenters. The van der Waals surface area contributed by atoms with E-state index in [-0.39, 0.29) is 24.0 Å². The van der Waals surface area contributed by atoms with E-state index in [2.05, 4.69) is 4.98 Å². The van der Waals surface area contributed by atoms with Gasteiger partial charge in [0.25, 0.3) is 5.91 Å². The lowest BCUT2D eigenvalue weighted by Crippen LogP contribution is -2.37. The Bertz CT molecular complexity index is 669. The Balaban J connectivity index is 2.04. The molecule has 0 bridgehead atoms. The summed E-state index contributed by atoms with van der Waals surface area (Å²) in [6.45, 7) is -0.798. The number of carbonyl (C=O) groups excluding carboxylic acids is 1. The third-order valence-corrected chi connectivity index (χ3v) is 4.37. The molecule has 10 heteroatoms. The van der Waals surface area contributed by atoms with Crippen LogP contribution in [0.15, 0.2) is 18.3 Å². The fourth-order valence-corrected chi connectivity index (χ4v) is 3.05. The van der Waals surface area contributed by atoms with Gasteiger partial charge < -0.3 is 14.7 Å². The molecule has 0 aromatic carbocycles. The first-order valence-corrected chi connectivity index (χ1v) is 8.53. The number of aliphatic carboxylic acids is 1. The van der Waals surface area contributed by atoms with E-state index in [9.17, 15) is 22.8 Å². The largest absolute Gasteiger partial charge is 0.480 e. The Hall–Kier alpha value is -2.36. The zero-order chi connectivity index (χ0) is 20.0. The number of aromatic nitrogens is 1. The highest BCUT2D eigenvalue weighted by Gasteiger charge is 2.31. The Morgan fingerprint density at radius 2 is 2.11 bits per heavy atom. The van der Waals surface area contributed by atoms with Crippen molar-refractivity contribution in [1.82, 2.24) is 14.8 Å². The van der Waals surface area contributed by atoms with Gasteiger partial charge in [-0.05, 0) is 38.4 Å². The maximum absolute atomic E-state index is 12.8. The number of ether oxygens (including phenoxy) is 1. The summed E-state index contributed by atoms with van der Waals surface area (Å²) in [5, 5.41) is 8.90. The van der Waals surface area contributed by atoms with Crippen LogP contribution in [0.1, 0.15) is 29.6 Å². The van der Waals surface area contributed by atoms with Gasteiger partial charge in [-0.3, -0.25) is 14.5 Å². The third-order valence-electron chi connectivity index (χ3n) is 4.37. The molecule has 1 amide bonds. The molecule has 1 fully saturated rings. The maximum atomic E-state index is 12.8. The van der Waals surface area contributed by atoms with Gasteiger partial charge in [0.2, 0.25) is 5.88 Å². The number of pyridine rings is 1. The zero-order valence-electron chi connectivity index (χ0n) is 14.9. The van der Waals surface area contributed by atoms with E-state index in [1.807, 2.05) is 0 Å². The van der Waals surface area contributed by atoms with Crippen LogP contribution >= 0.6 is 0 Å². The number of alkyl halides is 3. The molecule has 1 saturated heterocycles. The van der Waals surface area contributed by atoms with Gasteiger partial charge in [0.1, 0.15) is 5.56 Å². The number of hydrogen-bond acceptors (Lipinski definition) is 5. The Morgan fingerprint density at radius 1 is 1.37 bits per heavy atom. The molecule has 27 heavy (non-hydrogen) atoms. The second kappa shape index (κ2) is 9.03. The summed E-state index contributed by atoms with van der Waals surface area (Å²) >= 11 is 0. The first kappa shape index (κ1) is 20.9. The summed E-state index contributed by atoms with van der Waals surface area (Å²) in [6.07, 6.45) is -1.28. The molecule has 0 saturated carbocycles. The van der Waals surface area contributed by atoms with Crippen LogP contribution in [0.2, 0.25) is 0 Å². The van der Waals surface area contributed by atoms with Gasteiger partial charge in [0.15, 0.2) is 6.61 Å². The average molecular weight is 389 g/mol. The number of carbonyl (C=O) groups is 2. The molecule has 1 aliphatic heterocycles. The van der Waals surface area contributed by atoms with Gasteiger partial charge in [0, 0.05) is 25.3 Å². The summed E-state index contributed by atoms with van der Waals surface area (Å²) in [5.41, 5.74) is -0.0147. The van der Waals surface area contributed by atoms with Crippen LogP contribution in [0.25, 0.3) is 0 Å². The first-order chi connectivity index (χ1) is 12.7. The quantitative estimate of drug-likeness (QED) is 0.802. The number of amides is 1. The fraction of sp³-hybridized carbons (Fsp3) is 0.588. The van der Waals surface area contributed by atoms with Gasteiger partial charge in [-0.2, -0.15) is 13.2 Å². The van der Waals surface area contributed by atoms with Gasteiger partial charge in [0.05, 0.1) is 6.54 Å². The molecular weight excluding hydrogens is 367 g/mol. The van der Waals surface area contributed by atoms with Crippen molar-refractivity contribution >= 4 is 11.9 Å². The van der Waals surface area contributed by atoms with E-state index in [4.69, 9.17) is 9.84 Å². The molecule has 1 N–H and O–H groups in total. The summed E-state index contributed by atoms with van der Waals surface area (Å²) < 4.78 is 41.9. The highest BCUT2D eigenvalue weighted by Crippen LogP contribution is 2.23. The van der Waals surface area contributed by atoms with Gasteiger partial charge in [-0.15, -0.1) is 0 Å². The number of likely N-dealkylation sites (N-methyl/N-ethyl adjacent to an activating group) is 1. The van der Waals surface area contributed by atoms with Crippen molar-refractivity contribution < 1.29 is 32.6 Å². The van der Waals surface area contributed by atoms with Crippen LogP contribution in [0, 0.1) is 0 Å². The van der Waals surface area contributed by atoms with Crippen molar-refractivity contribution in [3.8, 4) is 5.88 Å². The molecule has 150 valence electrons. The molecule has 0 radical (unpaired) electrons. The summed E-state index contributed by atoms with van der Waals surface area (Å²) in [5.74, 6) is -1.71. The lowest BCUT2D eigenvalue weighted by atomic mass is 10.1. The predicted molar refractivity (Wildman–Crippen MR) is 89.6 cm³/mol. The smallest absolute Gasteiger partial charge is 0.422 e. The lowest BCUT2D eigenvalue weighted by Gasteiger charge is -2.25. The van der Waals surface area contributed by atoms with Crippen LogP contribution in [0.3, 0.4) is 0 Å². The molecule has 7 nitrogen and oxygen atoms in total.